The zero-order chi connectivity index (χ0) is 20.1. The van der Waals surface area contributed by atoms with Gasteiger partial charge in [-0.15, -0.1) is 0 Å². The normalized spacial score (nSPS) is 15.7. The fourth-order valence-corrected chi connectivity index (χ4v) is 3.57. The van der Waals surface area contributed by atoms with Crippen LogP contribution in [0.3, 0.4) is 0 Å². The number of pyridine rings is 1. The molecule has 2 aliphatic rings. The third-order valence-electron chi connectivity index (χ3n) is 5.07. The molecule has 0 amide bonds. The molecule has 1 aliphatic heterocycles. The van der Waals surface area contributed by atoms with E-state index in [4.69, 9.17) is 9.47 Å². The first kappa shape index (κ1) is 17.6. The fourth-order valence-electron chi connectivity index (χ4n) is 3.57. The van der Waals surface area contributed by atoms with Gasteiger partial charge < -0.3 is 14.4 Å². The van der Waals surface area contributed by atoms with Crippen LogP contribution >= 0.6 is 0 Å². The van der Waals surface area contributed by atoms with Crippen molar-refractivity contribution < 1.29 is 23.2 Å². The lowest BCUT2D eigenvalue weighted by atomic mass is 10.1. The molecule has 9 heteroatoms. The van der Waals surface area contributed by atoms with E-state index in [1.807, 2.05) is 6.07 Å². The minimum Gasteiger partial charge on any atom is -0.489 e. The highest BCUT2D eigenvalue weighted by Crippen LogP contribution is 2.43. The number of hydrogen-bond donors (Lipinski definition) is 0. The van der Waals surface area contributed by atoms with Crippen LogP contribution in [0.4, 0.5) is 20.2 Å². The molecule has 1 saturated carbocycles. The Morgan fingerprint density at radius 1 is 1.21 bits per heavy atom. The number of anilines is 1. The van der Waals surface area contributed by atoms with Crippen molar-refractivity contribution in [2.45, 2.75) is 18.9 Å². The monoisotopic (exact) mass is 399 g/mol. The fraction of sp³-hybridized carbons (Fsp3) is 0.250. The molecule has 1 fully saturated rings. The Balaban J connectivity index is 1.59. The Morgan fingerprint density at radius 2 is 1.97 bits per heavy atom. The average molecular weight is 399 g/mol. The molecule has 2 aromatic carbocycles. The molecule has 0 atom stereocenters. The number of ether oxygens (including phenoxy) is 2. The number of fused-ring (bicyclic) bond motifs is 2. The second-order valence-electron chi connectivity index (χ2n) is 7.02. The Morgan fingerprint density at radius 3 is 2.66 bits per heavy atom. The number of rotatable bonds is 4. The van der Waals surface area contributed by atoms with Gasteiger partial charge in [0.2, 0.25) is 0 Å². The zero-order valence-corrected chi connectivity index (χ0v) is 15.1. The first-order valence-corrected chi connectivity index (χ1v) is 9.15. The summed E-state index contributed by atoms with van der Waals surface area (Å²) in [6, 6.07) is 6.87. The van der Waals surface area contributed by atoms with E-state index in [0.29, 0.717) is 41.4 Å². The van der Waals surface area contributed by atoms with Crippen molar-refractivity contribution in [1.82, 2.24) is 4.98 Å². The van der Waals surface area contributed by atoms with Crippen LogP contribution in [0.5, 0.6) is 17.2 Å². The maximum atomic E-state index is 14.3. The van der Waals surface area contributed by atoms with Crippen LogP contribution in [0.1, 0.15) is 12.8 Å². The van der Waals surface area contributed by atoms with Gasteiger partial charge in [0, 0.05) is 23.7 Å². The lowest BCUT2D eigenvalue weighted by Gasteiger charge is -2.31. The van der Waals surface area contributed by atoms with E-state index in [2.05, 4.69) is 9.88 Å². The highest BCUT2D eigenvalue weighted by molar-refractivity contribution is 5.91. The number of non-ortho nitro benzene ring substituents is 1. The summed E-state index contributed by atoms with van der Waals surface area (Å²) in [4.78, 5) is 16.5. The van der Waals surface area contributed by atoms with Crippen LogP contribution in [0.15, 0.2) is 36.5 Å². The third-order valence-corrected chi connectivity index (χ3v) is 5.07. The van der Waals surface area contributed by atoms with E-state index in [1.165, 1.54) is 12.3 Å². The number of nitrogens with zero attached hydrogens (tertiary/aromatic N) is 3. The second-order valence-corrected chi connectivity index (χ2v) is 7.02. The summed E-state index contributed by atoms with van der Waals surface area (Å²) in [5.41, 5.74) is 0.772. The van der Waals surface area contributed by atoms with E-state index >= 15 is 0 Å². The van der Waals surface area contributed by atoms with Gasteiger partial charge in [-0.25, -0.2) is 8.78 Å². The summed E-state index contributed by atoms with van der Waals surface area (Å²) in [5, 5.41) is 11.4. The van der Waals surface area contributed by atoms with Crippen molar-refractivity contribution in [2.75, 3.05) is 18.1 Å². The molecule has 148 valence electrons. The van der Waals surface area contributed by atoms with Gasteiger partial charge in [0.05, 0.1) is 34.8 Å². The smallest absolute Gasteiger partial charge is 0.275 e. The lowest BCUT2D eigenvalue weighted by molar-refractivity contribution is -0.385. The summed E-state index contributed by atoms with van der Waals surface area (Å²) in [6.45, 7) is 1.36. The van der Waals surface area contributed by atoms with Gasteiger partial charge in [0.1, 0.15) is 18.1 Å². The van der Waals surface area contributed by atoms with Crippen molar-refractivity contribution in [3.63, 3.8) is 0 Å². The van der Waals surface area contributed by atoms with Crippen LogP contribution < -0.4 is 14.4 Å². The number of nitro groups is 1. The van der Waals surface area contributed by atoms with Gasteiger partial charge in [-0.2, -0.15) is 0 Å². The maximum absolute atomic E-state index is 14.3. The van der Waals surface area contributed by atoms with Crippen LogP contribution in [0.2, 0.25) is 0 Å². The van der Waals surface area contributed by atoms with Crippen molar-refractivity contribution in [1.29, 1.82) is 0 Å². The van der Waals surface area contributed by atoms with Crippen LogP contribution in [-0.2, 0) is 0 Å². The highest BCUT2D eigenvalue weighted by Gasteiger charge is 2.33. The number of hydrogen-bond acceptors (Lipinski definition) is 6. The molecule has 0 radical (unpaired) electrons. The van der Waals surface area contributed by atoms with Gasteiger partial charge in [-0.3, -0.25) is 15.1 Å². The molecular weight excluding hydrogens is 384 g/mol. The van der Waals surface area contributed by atoms with Gasteiger partial charge >= 0.3 is 0 Å². The van der Waals surface area contributed by atoms with Crippen LogP contribution in [0.25, 0.3) is 10.9 Å². The maximum Gasteiger partial charge on any atom is 0.275 e. The van der Waals surface area contributed by atoms with E-state index in [1.54, 1.807) is 6.07 Å². The minimum absolute atomic E-state index is 0.200. The van der Waals surface area contributed by atoms with Gasteiger partial charge in [-0.05, 0) is 25.0 Å². The lowest BCUT2D eigenvalue weighted by Crippen LogP contribution is -2.34. The topological polar surface area (TPSA) is 77.7 Å². The molecule has 3 aromatic rings. The Hall–Kier alpha value is -3.49. The van der Waals surface area contributed by atoms with Crippen molar-refractivity contribution in [3.8, 4) is 17.2 Å². The molecule has 0 saturated heterocycles. The Kier molecular flexibility index (Phi) is 3.97. The minimum atomic E-state index is -1.15. The first-order chi connectivity index (χ1) is 14.0. The molecule has 2 heterocycles. The van der Waals surface area contributed by atoms with Crippen molar-refractivity contribution in [2.24, 2.45) is 0 Å². The Bertz CT molecular complexity index is 1130. The number of benzene rings is 2. The first-order valence-electron chi connectivity index (χ1n) is 9.15. The number of aromatic nitrogens is 1. The average Bonchev–Trinajstić information content (AvgIpc) is 3.53. The highest BCUT2D eigenvalue weighted by atomic mass is 19.1. The Labute approximate surface area is 163 Å². The van der Waals surface area contributed by atoms with E-state index in [0.717, 1.165) is 25.1 Å². The summed E-state index contributed by atoms with van der Waals surface area (Å²) >= 11 is 0. The molecule has 0 N–H and O–H groups in total. The predicted octanol–water partition coefficient (Wildman–Crippen LogP) is 4.57. The molecule has 0 spiro atoms. The predicted molar refractivity (Wildman–Crippen MR) is 101 cm³/mol. The summed E-state index contributed by atoms with van der Waals surface area (Å²) in [6.07, 6.45) is 3.70. The number of nitro benzene ring substituents is 1. The molecule has 7 nitrogen and oxygen atoms in total. The third kappa shape index (κ3) is 3.08. The summed E-state index contributed by atoms with van der Waals surface area (Å²) in [5.74, 6) is -2.08. The van der Waals surface area contributed by atoms with Gasteiger partial charge in [0.25, 0.3) is 5.69 Å². The molecule has 0 bridgehead atoms. The molecule has 1 aliphatic carbocycles. The summed E-state index contributed by atoms with van der Waals surface area (Å²) < 4.78 is 39.9. The van der Waals surface area contributed by atoms with E-state index in [-0.39, 0.29) is 5.75 Å². The van der Waals surface area contributed by atoms with E-state index < -0.39 is 28.0 Å². The van der Waals surface area contributed by atoms with Crippen LogP contribution in [0, 0.1) is 21.7 Å². The molecular formula is C20H15F2N3O4. The van der Waals surface area contributed by atoms with Crippen molar-refractivity contribution >= 4 is 22.3 Å². The van der Waals surface area contributed by atoms with Gasteiger partial charge in [0.15, 0.2) is 17.4 Å². The van der Waals surface area contributed by atoms with Crippen LogP contribution in [-0.4, -0.2) is 29.1 Å². The zero-order valence-electron chi connectivity index (χ0n) is 15.1. The summed E-state index contributed by atoms with van der Waals surface area (Å²) in [7, 11) is 0. The standard InChI is InChI=1S/C20H15F2N3O4/c21-14-7-12(25(26)27)8-15(22)20(14)29-18-3-4-23-16-10-19-17(9-13(16)18)24(5-6-28-19)11-1-2-11/h3-4,7-11H,1-2,5-6H2. The van der Waals surface area contributed by atoms with Crippen molar-refractivity contribution in [3.05, 3.63) is 58.3 Å². The number of halogens is 2. The second kappa shape index (κ2) is 6.54. The molecule has 5 rings (SSSR count). The SMILES string of the molecule is O=[N+]([O-])c1cc(F)c(Oc2ccnc3cc4c(cc23)N(C2CC2)CCO4)c(F)c1. The molecule has 1 aromatic heterocycles. The van der Waals surface area contributed by atoms with E-state index in [9.17, 15) is 18.9 Å². The molecule has 0 unspecified atom stereocenters. The molecule has 29 heavy (non-hydrogen) atoms. The van der Waals surface area contributed by atoms with Gasteiger partial charge in [-0.1, -0.05) is 0 Å². The quantitative estimate of drug-likeness (QED) is 0.472. The largest absolute Gasteiger partial charge is 0.489 e.